The molecule has 1 aliphatic rings. The molecule has 1 atom stereocenters. The van der Waals surface area contributed by atoms with Crippen LogP contribution in [0.15, 0.2) is 24.3 Å². The van der Waals surface area contributed by atoms with Crippen LogP contribution in [0.3, 0.4) is 0 Å². The van der Waals surface area contributed by atoms with E-state index in [1.165, 1.54) is 12.0 Å². The lowest BCUT2D eigenvalue weighted by Crippen LogP contribution is -2.68. The molecule has 2 rings (SSSR count). The van der Waals surface area contributed by atoms with E-state index in [9.17, 15) is 9.59 Å². The number of likely N-dealkylation sites (tertiary alicyclic amines) is 1. The van der Waals surface area contributed by atoms with E-state index in [0.29, 0.717) is 25.1 Å². The second kappa shape index (κ2) is 6.71. The average molecular weight is 335 g/mol. The number of nitrogens with zero attached hydrogens (tertiary/aromatic N) is 1. The number of benzene rings is 1. The van der Waals surface area contributed by atoms with Crippen molar-refractivity contribution < 1.29 is 23.8 Å². The molecule has 1 aromatic carbocycles. The standard InChI is InChI=1S/C18H25NO5/c1-17(2,3)24-16(21)19-11-10-18(19,15(20)23-5)12-13-8-6-7-9-14(13)22-4/h6-9H,10-12H2,1-5H3. The van der Waals surface area contributed by atoms with Crippen LogP contribution in [-0.2, 0) is 20.7 Å². The van der Waals surface area contributed by atoms with Crippen molar-refractivity contribution in [3.63, 3.8) is 0 Å². The molecule has 1 saturated heterocycles. The van der Waals surface area contributed by atoms with E-state index in [2.05, 4.69) is 0 Å². The SMILES string of the molecule is COC(=O)C1(Cc2ccccc2OC)CCN1C(=O)OC(C)(C)C. The molecule has 0 saturated carbocycles. The van der Waals surface area contributed by atoms with Crippen LogP contribution in [0.25, 0.3) is 0 Å². The van der Waals surface area contributed by atoms with Gasteiger partial charge in [0.2, 0.25) is 0 Å². The Morgan fingerprint density at radius 1 is 1.21 bits per heavy atom. The molecular formula is C18H25NO5. The molecule has 6 heteroatoms. The molecule has 1 amide bonds. The van der Waals surface area contributed by atoms with Crippen LogP contribution < -0.4 is 4.74 Å². The molecule has 6 nitrogen and oxygen atoms in total. The van der Waals surface area contributed by atoms with E-state index < -0.39 is 23.2 Å². The van der Waals surface area contributed by atoms with Crippen LogP contribution in [-0.4, -0.2) is 48.9 Å². The van der Waals surface area contributed by atoms with Gasteiger partial charge in [-0.25, -0.2) is 9.59 Å². The third-order valence-electron chi connectivity index (χ3n) is 4.12. The number of carbonyl (C=O) groups excluding carboxylic acids is 2. The summed E-state index contributed by atoms with van der Waals surface area (Å²) >= 11 is 0. The lowest BCUT2D eigenvalue weighted by atomic mass is 9.79. The minimum absolute atomic E-state index is 0.322. The average Bonchev–Trinajstić information content (AvgIpc) is 2.49. The number of ether oxygens (including phenoxy) is 3. The number of hydrogen-bond acceptors (Lipinski definition) is 5. The Morgan fingerprint density at radius 2 is 1.88 bits per heavy atom. The number of amides is 1. The van der Waals surface area contributed by atoms with Gasteiger partial charge in [0.15, 0.2) is 0 Å². The molecule has 1 unspecified atom stereocenters. The zero-order valence-electron chi connectivity index (χ0n) is 14.9. The van der Waals surface area contributed by atoms with Crippen molar-refractivity contribution in [2.45, 2.75) is 44.8 Å². The maximum Gasteiger partial charge on any atom is 0.411 e. The molecular weight excluding hydrogens is 310 g/mol. The van der Waals surface area contributed by atoms with Gasteiger partial charge in [-0.05, 0) is 38.8 Å². The lowest BCUT2D eigenvalue weighted by Gasteiger charge is -2.50. The highest BCUT2D eigenvalue weighted by atomic mass is 16.6. The smallest absolute Gasteiger partial charge is 0.411 e. The fourth-order valence-electron chi connectivity index (χ4n) is 2.90. The Morgan fingerprint density at radius 3 is 2.38 bits per heavy atom. The number of methoxy groups -OCH3 is 2. The van der Waals surface area contributed by atoms with Crippen LogP contribution in [0, 0.1) is 0 Å². The van der Waals surface area contributed by atoms with E-state index in [1.807, 2.05) is 24.3 Å². The minimum atomic E-state index is -1.05. The van der Waals surface area contributed by atoms with Crippen molar-refractivity contribution in [2.75, 3.05) is 20.8 Å². The van der Waals surface area contributed by atoms with Crippen molar-refractivity contribution >= 4 is 12.1 Å². The second-order valence-electron chi connectivity index (χ2n) is 6.89. The minimum Gasteiger partial charge on any atom is -0.496 e. The molecule has 1 heterocycles. The molecule has 0 aliphatic carbocycles. The zero-order chi connectivity index (χ0) is 18.0. The highest BCUT2D eigenvalue weighted by Gasteiger charge is 2.55. The largest absolute Gasteiger partial charge is 0.496 e. The summed E-state index contributed by atoms with van der Waals surface area (Å²) in [6.45, 7) is 5.85. The van der Waals surface area contributed by atoms with Crippen molar-refractivity contribution in [1.29, 1.82) is 0 Å². The maximum atomic E-state index is 12.5. The Kier molecular flexibility index (Phi) is 5.06. The molecule has 0 radical (unpaired) electrons. The fraction of sp³-hybridized carbons (Fsp3) is 0.556. The maximum absolute atomic E-state index is 12.5. The summed E-state index contributed by atoms with van der Waals surface area (Å²) in [5.74, 6) is 0.238. The van der Waals surface area contributed by atoms with Gasteiger partial charge in [0.05, 0.1) is 14.2 Å². The van der Waals surface area contributed by atoms with E-state index >= 15 is 0 Å². The van der Waals surface area contributed by atoms with Gasteiger partial charge >= 0.3 is 12.1 Å². The van der Waals surface area contributed by atoms with E-state index in [4.69, 9.17) is 14.2 Å². The zero-order valence-corrected chi connectivity index (χ0v) is 14.9. The predicted molar refractivity (Wildman–Crippen MR) is 89.0 cm³/mol. The quantitative estimate of drug-likeness (QED) is 0.792. The number of rotatable bonds is 4. The number of carbonyl (C=O) groups is 2. The van der Waals surface area contributed by atoms with Crippen LogP contribution in [0.2, 0.25) is 0 Å². The molecule has 0 bridgehead atoms. The topological polar surface area (TPSA) is 65.1 Å². The summed E-state index contributed by atoms with van der Waals surface area (Å²) in [4.78, 5) is 26.4. The first kappa shape index (κ1) is 18.1. The van der Waals surface area contributed by atoms with E-state index in [0.717, 1.165) is 5.56 Å². The van der Waals surface area contributed by atoms with Crippen molar-refractivity contribution in [3.05, 3.63) is 29.8 Å². The first-order valence-corrected chi connectivity index (χ1v) is 7.94. The predicted octanol–water partition coefficient (Wildman–Crippen LogP) is 2.79. The Hall–Kier alpha value is -2.24. The van der Waals surface area contributed by atoms with Gasteiger partial charge in [-0.1, -0.05) is 18.2 Å². The number of para-hydroxylation sites is 1. The van der Waals surface area contributed by atoms with Gasteiger partial charge in [-0.2, -0.15) is 0 Å². The number of hydrogen-bond donors (Lipinski definition) is 0. The highest BCUT2D eigenvalue weighted by Crippen LogP contribution is 2.38. The Bertz CT molecular complexity index is 622. The van der Waals surface area contributed by atoms with E-state index in [-0.39, 0.29) is 0 Å². The molecule has 0 aromatic heterocycles. The van der Waals surface area contributed by atoms with Gasteiger partial charge in [0, 0.05) is 13.0 Å². The van der Waals surface area contributed by atoms with Crippen LogP contribution >= 0.6 is 0 Å². The molecule has 1 fully saturated rings. The fourth-order valence-corrected chi connectivity index (χ4v) is 2.90. The summed E-state index contributed by atoms with van der Waals surface area (Å²) in [7, 11) is 2.91. The van der Waals surface area contributed by atoms with Crippen molar-refractivity contribution in [1.82, 2.24) is 4.90 Å². The van der Waals surface area contributed by atoms with Crippen LogP contribution in [0.5, 0.6) is 5.75 Å². The van der Waals surface area contributed by atoms with Crippen LogP contribution in [0.1, 0.15) is 32.8 Å². The summed E-state index contributed by atoms with van der Waals surface area (Å²) in [5, 5.41) is 0. The third-order valence-corrected chi connectivity index (χ3v) is 4.12. The monoisotopic (exact) mass is 335 g/mol. The third kappa shape index (κ3) is 3.47. The Labute approximate surface area is 142 Å². The number of esters is 1. The van der Waals surface area contributed by atoms with Gasteiger partial charge in [-0.15, -0.1) is 0 Å². The first-order chi connectivity index (χ1) is 11.2. The normalized spacial score (nSPS) is 20.1. The van der Waals surface area contributed by atoms with Crippen LogP contribution in [0.4, 0.5) is 4.79 Å². The summed E-state index contributed by atoms with van der Waals surface area (Å²) in [6, 6.07) is 7.45. The van der Waals surface area contributed by atoms with E-state index in [1.54, 1.807) is 27.9 Å². The molecule has 1 aliphatic heterocycles. The van der Waals surface area contributed by atoms with Gasteiger partial charge in [-0.3, -0.25) is 4.90 Å². The lowest BCUT2D eigenvalue weighted by molar-refractivity contribution is -0.164. The molecule has 0 spiro atoms. The molecule has 132 valence electrons. The summed E-state index contributed by atoms with van der Waals surface area (Å²) in [6.07, 6.45) is 0.342. The van der Waals surface area contributed by atoms with Gasteiger partial charge in [0.25, 0.3) is 0 Å². The summed E-state index contributed by atoms with van der Waals surface area (Å²) < 4.78 is 15.8. The van der Waals surface area contributed by atoms with Gasteiger partial charge in [0.1, 0.15) is 16.9 Å². The molecule has 24 heavy (non-hydrogen) atoms. The molecule has 1 aromatic rings. The van der Waals surface area contributed by atoms with Crippen molar-refractivity contribution in [3.8, 4) is 5.75 Å². The first-order valence-electron chi connectivity index (χ1n) is 7.94. The Balaban J connectivity index is 2.31. The second-order valence-corrected chi connectivity index (χ2v) is 6.89. The highest BCUT2D eigenvalue weighted by molar-refractivity contribution is 5.88. The van der Waals surface area contributed by atoms with Gasteiger partial charge < -0.3 is 14.2 Å². The molecule has 0 N–H and O–H groups in total. The van der Waals surface area contributed by atoms with Crippen molar-refractivity contribution in [2.24, 2.45) is 0 Å². The summed E-state index contributed by atoms with van der Waals surface area (Å²) in [5.41, 5.74) is -0.830.